The van der Waals surface area contributed by atoms with Crippen molar-refractivity contribution in [2.24, 2.45) is 0 Å². The number of aliphatic hydroxyl groups is 1. The first kappa shape index (κ1) is 11.9. The largest absolute Gasteiger partial charge is 0.391 e. The summed E-state index contributed by atoms with van der Waals surface area (Å²) in [7, 11) is -1.01. The Labute approximate surface area is 85.8 Å². The standard InChI is InChI=1S/C9H19NO3S/c1-10(6-7-14(2,12)13)8-4-3-5-9(8)11/h8-9,11H,3-7H2,1-2H3/t8-,9-/m0/s1. The molecule has 0 heterocycles. The van der Waals surface area contributed by atoms with Crippen molar-refractivity contribution in [3.05, 3.63) is 0 Å². The Morgan fingerprint density at radius 3 is 2.50 bits per heavy atom. The molecule has 2 atom stereocenters. The Kier molecular flexibility index (Phi) is 3.92. The molecule has 84 valence electrons. The predicted molar refractivity (Wildman–Crippen MR) is 56.0 cm³/mol. The van der Waals surface area contributed by atoms with Crippen molar-refractivity contribution in [2.75, 3.05) is 25.6 Å². The molecule has 5 heteroatoms. The van der Waals surface area contributed by atoms with Gasteiger partial charge in [0.15, 0.2) is 0 Å². The van der Waals surface area contributed by atoms with E-state index < -0.39 is 9.84 Å². The van der Waals surface area contributed by atoms with Crippen molar-refractivity contribution in [1.82, 2.24) is 4.90 Å². The average Bonchev–Trinajstić information content (AvgIpc) is 2.46. The Morgan fingerprint density at radius 1 is 1.43 bits per heavy atom. The molecule has 0 radical (unpaired) electrons. The van der Waals surface area contributed by atoms with Gasteiger partial charge in [0.2, 0.25) is 0 Å². The molecule has 0 aromatic rings. The van der Waals surface area contributed by atoms with Gasteiger partial charge >= 0.3 is 0 Å². The fourth-order valence-corrected chi connectivity index (χ4v) is 2.53. The van der Waals surface area contributed by atoms with Gasteiger partial charge in [-0.1, -0.05) is 0 Å². The summed E-state index contributed by atoms with van der Waals surface area (Å²) in [5.41, 5.74) is 0. The predicted octanol–water partition coefficient (Wildman–Crippen LogP) is -0.124. The van der Waals surface area contributed by atoms with Gasteiger partial charge in [0.05, 0.1) is 11.9 Å². The van der Waals surface area contributed by atoms with E-state index in [2.05, 4.69) is 0 Å². The maximum Gasteiger partial charge on any atom is 0.148 e. The van der Waals surface area contributed by atoms with E-state index in [4.69, 9.17) is 0 Å². The molecular formula is C9H19NO3S. The zero-order chi connectivity index (χ0) is 10.8. The van der Waals surface area contributed by atoms with Crippen LogP contribution in [0.2, 0.25) is 0 Å². The minimum absolute atomic E-state index is 0.150. The number of rotatable bonds is 4. The van der Waals surface area contributed by atoms with Crippen LogP contribution in [0, 0.1) is 0 Å². The highest BCUT2D eigenvalue weighted by molar-refractivity contribution is 7.90. The van der Waals surface area contributed by atoms with E-state index in [1.54, 1.807) is 0 Å². The summed E-state index contributed by atoms with van der Waals surface area (Å²) >= 11 is 0. The van der Waals surface area contributed by atoms with Gasteiger partial charge in [-0.05, 0) is 26.3 Å². The van der Waals surface area contributed by atoms with Crippen molar-refractivity contribution in [3.8, 4) is 0 Å². The lowest BCUT2D eigenvalue weighted by molar-refractivity contribution is 0.0897. The Hall–Kier alpha value is -0.130. The van der Waals surface area contributed by atoms with Crippen LogP contribution in [-0.2, 0) is 9.84 Å². The van der Waals surface area contributed by atoms with Gasteiger partial charge in [0.1, 0.15) is 9.84 Å². The zero-order valence-electron chi connectivity index (χ0n) is 8.81. The van der Waals surface area contributed by atoms with Gasteiger partial charge in [0, 0.05) is 18.8 Å². The fourth-order valence-electron chi connectivity index (χ4n) is 1.91. The first-order valence-electron chi connectivity index (χ1n) is 4.96. The van der Waals surface area contributed by atoms with Crippen LogP contribution < -0.4 is 0 Å². The number of likely N-dealkylation sites (N-methyl/N-ethyl adjacent to an activating group) is 1. The first-order valence-corrected chi connectivity index (χ1v) is 7.02. The molecular weight excluding hydrogens is 202 g/mol. The van der Waals surface area contributed by atoms with Crippen molar-refractivity contribution in [3.63, 3.8) is 0 Å². The third kappa shape index (κ3) is 3.55. The Morgan fingerprint density at radius 2 is 2.07 bits per heavy atom. The molecule has 0 saturated heterocycles. The van der Waals surface area contributed by atoms with Gasteiger partial charge in [-0.3, -0.25) is 4.90 Å². The van der Waals surface area contributed by atoms with E-state index in [1.165, 1.54) is 6.26 Å². The van der Waals surface area contributed by atoms with Crippen molar-refractivity contribution in [1.29, 1.82) is 0 Å². The topological polar surface area (TPSA) is 57.6 Å². The summed E-state index contributed by atoms with van der Waals surface area (Å²) in [4.78, 5) is 1.96. The van der Waals surface area contributed by atoms with E-state index in [0.717, 1.165) is 19.3 Å². The number of hydrogen-bond acceptors (Lipinski definition) is 4. The maximum atomic E-state index is 10.9. The van der Waals surface area contributed by atoms with Gasteiger partial charge in [-0.25, -0.2) is 8.42 Å². The SMILES string of the molecule is CN(CCS(C)(=O)=O)[C@H]1CCC[C@@H]1O. The molecule has 0 amide bonds. The molecule has 0 unspecified atom stereocenters. The number of nitrogens with zero attached hydrogens (tertiary/aromatic N) is 1. The zero-order valence-corrected chi connectivity index (χ0v) is 9.63. The van der Waals surface area contributed by atoms with Crippen molar-refractivity contribution in [2.45, 2.75) is 31.4 Å². The van der Waals surface area contributed by atoms with Crippen LogP contribution in [0.4, 0.5) is 0 Å². The van der Waals surface area contributed by atoms with Crippen LogP contribution in [0.1, 0.15) is 19.3 Å². The second-order valence-corrected chi connectivity index (χ2v) is 6.44. The summed E-state index contributed by atoms with van der Waals surface area (Å²) in [5.74, 6) is 0.173. The van der Waals surface area contributed by atoms with E-state index in [-0.39, 0.29) is 17.9 Å². The normalized spacial score (nSPS) is 28.6. The van der Waals surface area contributed by atoms with Crippen LogP contribution in [0.15, 0.2) is 0 Å². The van der Waals surface area contributed by atoms with Crippen molar-refractivity contribution < 1.29 is 13.5 Å². The molecule has 1 aliphatic rings. The summed E-state index contributed by atoms with van der Waals surface area (Å²) in [6.07, 6.45) is 3.82. The van der Waals surface area contributed by atoms with Gasteiger partial charge in [-0.15, -0.1) is 0 Å². The second kappa shape index (κ2) is 4.59. The highest BCUT2D eigenvalue weighted by atomic mass is 32.2. The second-order valence-electron chi connectivity index (χ2n) is 4.18. The minimum Gasteiger partial charge on any atom is -0.391 e. The lowest BCUT2D eigenvalue weighted by Gasteiger charge is -2.26. The quantitative estimate of drug-likeness (QED) is 0.719. The molecule has 1 saturated carbocycles. The molecule has 1 fully saturated rings. The number of aliphatic hydroxyl groups excluding tert-OH is 1. The molecule has 4 nitrogen and oxygen atoms in total. The van der Waals surface area contributed by atoms with Crippen LogP contribution >= 0.6 is 0 Å². The monoisotopic (exact) mass is 221 g/mol. The van der Waals surface area contributed by atoms with E-state index in [0.29, 0.717) is 6.54 Å². The smallest absolute Gasteiger partial charge is 0.148 e. The van der Waals surface area contributed by atoms with E-state index >= 15 is 0 Å². The minimum atomic E-state index is -2.89. The fraction of sp³-hybridized carbons (Fsp3) is 1.00. The van der Waals surface area contributed by atoms with E-state index in [9.17, 15) is 13.5 Å². The third-order valence-electron chi connectivity index (χ3n) is 2.82. The Bertz CT molecular complexity index is 276. The molecule has 0 aromatic carbocycles. The number of sulfone groups is 1. The lowest BCUT2D eigenvalue weighted by Crippen LogP contribution is -2.39. The van der Waals surface area contributed by atoms with Crippen molar-refractivity contribution >= 4 is 9.84 Å². The number of hydrogen-bond donors (Lipinski definition) is 1. The molecule has 0 aromatic heterocycles. The van der Waals surface area contributed by atoms with Gasteiger partial charge in [0.25, 0.3) is 0 Å². The molecule has 0 aliphatic heterocycles. The van der Waals surface area contributed by atoms with Crippen LogP contribution in [0.25, 0.3) is 0 Å². The summed E-state index contributed by atoms with van der Waals surface area (Å²) in [6, 6.07) is 0.150. The highest BCUT2D eigenvalue weighted by Gasteiger charge is 2.28. The van der Waals surface area contributed by atoms with E-state index in [1.807, 2.05) is 11.9 Å². The first-order chi connectivity index (χ1) is 6.40. The summed E-state index contributed by atoms with van der Waals surface area (Å²) in [6.45, 7) is 0.514. The van der Waals surface area contributed by atoms with Gasteiger partial charge in [-0.2, -0.15) is 0 Å². The molecule has 0 spiro atoms. The molecule has 1 rings (SSSR count). The highest BCUT2D eigenvalue weighted by Crippen LogP contribution is 2.22. The third-order valence-corrected chi connectivity index (χ3v) is 3.75. The molecule has 1 aliphatic carbocycles. The Balaban J connectivity index is 2.38. The van der Waals surface area contributed by atoms with Crippen LogP contribution in [-0.4, -0.2) is 56.2 Å². The van der Waals surface area contributed by atoms with Crippen LogP contribution in [0.5, 0.6) is 0 Å². The lowest BCUT2D eigenvalue weighted by atomic mass is 10.2. The maximum absolute atomic E-state index is 10.9. The van der Waals surface area contributed by atoms with Gasteiger partial charge < -0.3 is 5.11 Å². The summed E-state index contributed by atoms with van der Waals surface area (Å²) < 4.78 is 21.9. The average molecular weight is 221 g/mol. The molecule has 0 bridgehead atoms. The molecule has 1 N–H and O–H groups in total. The molecule has 14 heavy (non-hydrogen) atoms. The summed E-state index contributed by atoms with van der Waals surface area (Å²) in [5, 5.41) is 9.60. The van der Waals surface area contributed by atoms with Crippen LogP contribution in [0.3, 0.4) is 0 Å².